The first-order chi connectivity index (χ1) is 11.0. The molecule has 1 fully saturated rings. The van der Waals surface area contributed by atoms with Gasteiger partial charge in [-0.2, -0.15) is 0 Å². The van der Waals surface area contributed by atoms with Crippen LogP contribution in [0.2, 0.25) is 10.0 Å². The number of carbonyl (C=O) groups is 2. The van der Waals surface area contributed by atoms with Gasteiger partial charge in [0.15, 0.2) is 0 Å². The molecule has 1 heterocycles. The van der Waals surface area contributed by atoms with Crippen molar-refractivity contribution in [1.29, 1.82) is 0 Å². The van der Waals surface area contributed by atoms with E-state index in [1.54, 1.807) is 24.3 Å². The van der Waals surface area contributed by atoms with Crippen LogP contribution in [0.25, 0.3) is 6.08 Å². The molecule has 2 aromatic rings. The average molecular weight is 412 g/mol. The fourth-order valence-corrected chi connectivity index (χ4v) is 2.84. The van der Waals surface area contributed by atoms with Crippen molar-refractivity contribution in [3.05, 3.63) is 68.1 Å². The second kappa shape index (κ2) is 6.35. The molecule has 1 N–H and O–H groups in total. The standard InChI is InChI=1S/C16H9BrCl2N2O2/c17-10-3-1-2-9(6-10)7-12-15(22)20-21(16(12)23)11-4-5-13(18)14(19)8-11/h1-8H,(H,20,22)/b12-7+. The second-order valence-electron chi connectivity index (χ2n) is 4.79. The number of rotatable bonds is 2. The van der Waals surface area contributed by atoms with Crippen molar-refractivity contribution in [2.75, 3.05) is 5.01 Å². The molecule has 0 unspecified atom stereocenters. The number of nitrogens with zero attached hydrogens (tertiary/aromatic N) is 1. The summed E-state index contributed by atoms with van der Waals surface area (Å²) in [4.78, 5) is 24.6. The van der Waals surface area contributed by atoms with Crippen molar-refractivity contribution in [3.63, 3.8) is 0 Å². The van der Waals surface area contributed by atoms with E-state index in [1.165, 1.54) is 6.07 Å². The molecule has 3 rings (SSSR count). The van der Waals surface area contributed by atoms with E-state index >= 15 is 0 Å². The number of benzene rings is 2. The molecule has 1 aliphatic heterocycles. The number of nitrogens with one attached hydrogen (secondary N) is 1. The van der Waals surface area contributed by atoms with Crippen molar-refractivity contribution >= 4 is 62.7 Å². The van der Waals surface area contributed by atoms with Gasteiger partial charge in [-0.05, 0) is 42.0 Å². The predicted octanol–water partition coefficient (Wildman–Crippen LogP) is 4.22. The van der Waals surface area contributed by atoms with Gasteiger partial charge in [0.25, 0.3) is 11.8 Å². The quantitative estimate of drug-likeness (QED) is 0.594. The molecule has 0 aliphatic carbocycles. The smallest absolute Gasteiger partial charge is 0.267 e. The van der Waals surface area contributed by atoms with Crippen LogP contribution in [0.15, 0.2) is 52.5 Å². The Morgan fingerprint density at radius 1 is 1.04 bits per heavy atom. The lowest BCUT2D eigenvalue weighted by atomic mass is 10.1. The average Bonchev–Trinajstić information content (AvgIpc) is 2.78. The summed E-state index contributed by atoms with van der Waals surface area (Å²) in [6.07, 6.45) is 1.54. The van der Waals surface area contributed by atoms with Crippen LogP contribution < -0.4 is 10.4 Å². The summed E-state index contributed by atoms with van der Waals surface area (Å²) >= 11 is 15.2. The Kier molecular flexibility index (Phi) is 4.43. The summed E-state index contributed by atoms with van der Waals surface area (Å²) in [7, 11) is 0. The number of hydrazine groups is 1. The summed E-state index contributed by atoms with van der Waals surface area (Å²) in [6.45, 7) is 0. The largest absolute Gasteiger partial charge is 0.282 e. The molecule has 0 aromatic heterocycles. The van der Waals surface area contributed by atoms with Gasteiger partial charge in [0, 0.05) is 4.47 Å². The molecule has 7 heteroatoms. The van der Waals surface area contributed by atoms with Crippen LogP contribution in [0, 0.1) is 0 Å². The van der Waals surface area contributed by atoms with Gasteiger partial charge in [-0.25, -0.2) is 5.01 Å². The Balaban J connectivity index is 1.95. The highest BCUT2D eigenvalue weighted by atomic mass is 79.9. The zero-order chi connectivity index (χ0) is 16.6. The van der Waals surface area contributed by atoms with Gasteiger partial charge in [0.05, 0.1) is 15.7 Å². The lowest BCUT2D eigenvalue weighted by Gasteiger charge is -2.15. The van der Waals surface area contributed by atoms with Crippen LogP contribution in [0.1, 0.15) is 5.56 Å². The van der Waals surface area contributed by atoms with Gasteiger partial charge in [-0.1, -0.05) is 51.3 Å². The fourth-order valence-electron chi connectivity index (χ4n) is 2.13. The SMILES string of the molecule is O=C1NN(c2ccc(Cl)c(Cl)c2)C(=O)/C1=C/c1cccc(Br)c1. The number of anilines is 1. The lowest BCUT2D eigenvalue weighted by molar-refractivity contribution is -0.117. The van der Waals surface area contributed by atoms with Crippen LogP contribution in [0.5, 0.6) is 0 Å². The number of hydrogen-bond acceptors (Lipinski definition) is 2. The van der Waals surface area contributed by atoms with E-state index in [0.29, 0.717) is 15.7 Å². The van der Waals surface area contributed by atoms with E-state index in [9.17, 15) is 9.59 Å². The molecule has 0 saturated carbocycles. The first kappa shape index (κ1) is 16.1. The minimum absolute atomic E-state index is 0.0502. The summed E-state index contributed by atoms with van der Waals surface area (Å²) in [5, 5.41) is 1.82. The molecule has 4 nitrogen and oxygen atoms in total. The van der Waals surface area contributed by atoms with Crippen LogP contribution in [-0.4, -0.2) is 11.8 Å². The molecule has 2 amide bonds. The van der Waals surface area contributed by atoms with Crippen molar-refractivity contribution in [1.82, 2.24) is 5.43 Å². The minimum atomic E-state index is -0.471. The summed E-state index contributed by atoms with van der Waals surface area (Å²) in [5.74, 6) is -0.922. The Morgan fingerprint density at radius 2 is 1.83 bits per heavy atom. The maximum absolute atomic E-state index is 12.5. The molecule has 0 spiro atoms. The molecule has 2 aromatic carbocycles. The molecule has 0 atom stereocenters. The van der Waals surface area contributed by atoms with Crippen molar-refractivity contribution in [2.24, 2.45) is 0 Å². The highest BCUT2D eigenvalue weighted by Gasteiger charge is 2.34. The van der Waals surface area contributed by atoms with Crippen molar-refractivity contribution in [3.8, 4) is 0 Å². The van der Waals surface area contributed by atoms with Gasteiger partial charge >= 0.3 is 0 Å². The number of carbonyl (C=O) groups excluding carboxylic acids is 2. The monoisotopic (exact) mass is 410 g/mol. The van der Waals surface area contributed by atoms with Crippen LogP contribution in [0.4, 0.5) is 5.69 Å². The molecule has 1 saturated heterocycles. The predicted molar refractivity (Wildman–Crippen MR) is 94.2 cm³/mol. The molecular weight excluding hydrogens is 403 g/mol. The zero-order valence-electron chi connectivity index (χ0n) is 11.5. The Hall–Kier alpha value is -1.82. The van der Waals surface area contributed by atoms with E-state index in [-0.39, 0.29) is 5.57 Å². The first-order valence-corrected chi connectivity index (χ1v) is 8.08. The normalized spacial score (nSPS) is 16.1. The maximum Gasteiger partial charge on any atom is 0.282 e. The Morgan fingerprint density at radius 3 is 2.52 bits per heavy atom. The third-order valence-corrected chi connectivity index (χ3v) is 4.44. The van der Waals surface area contributed by atoms with Gasteiger partial charge in [-0.3, -0.25) is 15.0 Å². The number of halogens is 3. The topological polar surface area (TPSA) is 49.4 Å². The van der Waals surface area contributed by atoms with Crippen molar-refractivity contribution < 1.29 is 9.59 Å². The summed E-state index contributed by atoms with van der Waals surface area (Å²) in [6, 6.07) is 12.0. The fraction of sp³-hybridized carbons (Fsp3) is 0. The van der Waals surface area contributed by atoms with Crippen LogP contribution >= 0.6 is 39.1 Å². The van der Waals surface area contributed by atoms with Crippen LogP contribution in [0.3, 0.4) is 0 Å². The molecular formula is C16H9BrCl2N2O2. The van der Waals surface area contributed by atoms with Gasteiger partial charge in [0.2, 0.25) is 0 Å². The Labute approximate surface area is 150 Å². The molecule has 116 valence electrons. The summed E-state index contributed by atoms with van der Waals surface area (Å²) in [5.41, 5.74) is 3.75. The molecule has 0 radical (unpaired) electrons. The zero-order valence-corrected chi connectivity index (χ0v) is 14.6. The van der Waals surface area contributed by atoms with Gasteiger partial charge < -0.3 is 0 Å². The molecule has 1 aliphatic rings. The lowest BCUT2D eigenvalue weighted by Crippen LogP contribution is -2.35. The first-order valence-electron chi connectivity index (χ1n) is 6.53. The third kappa shape index (κ3) is 3.27. The number of amides is 2. The molecule has 23 heavy (non-hydrogen) atoms. The van der Waals surface area contributed by atoms with Gasteiger partial charge in [0.1, 0.15) is 5.57 Å². The highest BCUT2D eigenvalue weighted by Crippen LogP contribution is 2.29. The van der Waals surface area contributed by atoms with E-state index in [1.807, 2.05) is 18.2 Å². The van der Waals surface area contributed by atoms with Gasteiger partial charge in [-0.15, -0.1) is 0 Å². The van der Waals surface area contributed by atoms with Crippen LogP contribution in [-0.2, 0) is 9.59 Å². The minimum Gasteiger partial charge on any atom is -0.267 e. The second-order valence-corrected chi connectivity index (χ2v) is 6.52. The Bertz CT molecular complexity index is 852. The maximum atomic E-state index is 12.5. The van der Waals surface area contributed by atoms with Crippen molar-refractivity contribution in [2.45, 2.75) is 0 Å². The van der Waals surface area contributed by atoms with E-state index in [2.05, 4.69) is 21.4 Å². The van der Waals surface area contributed by atoms with E-state index in [0.717, 1.165) is 15.0 Å². The third-order valence-electron chi connectivity index (χ3n) is 3.21. The van der Waals surface area contributed by atoms with E-state index in [4.69, 9.17) is 23.2 Å². The van der Waals surface area contributed by atoms with E-state index < -0.39 is 11.8 Å². The number of hydrogen-bond donors (Lipinski definition) is 1. The highest BCUT2D eigenvalue weighted by molar-refractivity contribution is 9.10. The molecule has 0 bridgehead atoms. The summed E-state index contributed by atoms with van der Waals surface area (Å²) < 4.78 is 0.860.